The van der Waals surface area contributed by atoms with Gasteiger partial charge in [-0.05, 0) is 25.5 Å². The molecule has 2 N–H and O–H groups in total. The Morgan fingerprint density at radius 1 is 1.29 bits per heavy atom. The van der Waals surface area contributed by atoms with E-state index in [1.54, 1.807) is 19.1 Å². The molecule has 1 aliphatic rings. The van der Waals surface area contributed by atoms with E-state index in [0.29, 0.717) is 17.7 Å². The molecule has 10 nitrogen and oxygen atoms in total. The minimum atomic E-state index is -0.512. The molecule has 1 aromatic rings. The zero-order chi connectivity index (χ0) is 20.7. The molecule has 1 atom stereocenters. The van der Waals surface area contributed by atoms with Crippen molar-refractivity contribution in [2.45, 2.75) is 26.7 Å². The number of amides is 2. The third-order valence-corrected chi connectivity index (χ3v) is 3.95. The van der Waals surface area contributed by atoms with Crippen LogP contribution in [0.15, 0.2) is 22.3 Å². The van der Waals surface area contributed by atoms with Crippen LogP contribution in [-0.4, -0.2) is 43.9 Å². The molecule has 2 amide bonds. The number of benzene rings is 1. The fourth-order valence-electron chi connectivity index (χ4n) is 2.56. The van der Waals surface area contributed by atoms with Crippen LogP contribution in [-0.2, 0) is 14.4 Å². The number of hydrogen-bond acceptors (Lipinski definition) is 8. The van der Waals surface area contributed by atoms with Crippen molar-refractivity contribution in [2.75, 3.05) is 14.2 Å². The van der Waals surface area contributed by atoms with E-state index in [0.717, 1.165) is 0 Å². The fraction of sp³-hybridized carbons (Fsp3) is 0.389. The summed E-state index contributed by atoms with van der Waals surface area (Å²) in [6.07, 6.45) is 1.87. The fourth-order valence-corrected chi connectivity index (χ4v) is 2.56. The molecule has 2 rings (SSSR count). The van der Waals surface area contributed by atoms with Gasteiger partial charge in [0.05, 0.1) is 26.4 Å². The minimum Gasteiger partial charge on any atom is -0.493 e. The highest BCUT2D eigenvalue weighted by molar-refractivity contribution is 6.07. The molecule has 0 fully saturated rings. The summed E-state index contributed by atoms with van der Waals surface area (Å²) in [6.45, 7) is 3.01. The van der Waals surface area contributed by atoms with Gasteiger partial charge in [-0.2, -0.15) is 10.2 Å². The minimum absolute atomic E-state index is 0.125. The Hall–Kier alpha value is -3.43. The summed E-state index contributed by atoms with van der Waals surface area (Å²) in [5.74, 6) is -0.724. The van der Waals surface area contributed by atoms with Crippen molar-refractivity contribution in [1.29, 1.82) is 0 Å². The van der Waals surface area contributed by atoms with Gasteiger partial charge in [0.1, 0.15) is 0 Å². The number of methoxy groups -OCH3 is 2. The van der Waals surface area contributed by atoms with Gasteiger partial charge < -0.3 is 14.2 Å². The normalized spacial score (nSPS) is 15.8. The molecular weight excluding hydrogens is 368 g/mol. The average Bonchev–Trinajstić information content (AvgIpc) is 2.98. The largest absolute Gasteiger partial charge is 0.493 e. The Kier molecular flexibility index (Phi) is 7.08. The molecule has 10 heteroatoms. The van der Waals surface area contributed by atoms with Gasteiger partial charge in [-0.25, -0.2) is 10.9 Å². The van der Waals surface area contributed by atoms with E-state index >= 15 is 0 Å². The summed E-state index contributed by atoms with van der Waals surface area (Å²) in [4.78, 5) is 34.7. The average molecular weight is 390 g/mol. The van der Waals surface area contributed by atoms with Gasteiger partial charge in [-0.3, -0.25) is 14.4 Å². The Morgan fingerprint density at radius 2 is 1.93 bits per heavy atom. The maximum Gasteiger partial charge on any atom is 0.308 e. The predicted molar refractivity (Wildman–Crippen MR) is 101 cm³/mol. The number of nitrogens with one attached hydrogen (secondary N) is 2. The summed E-state index contributed by atoms with van der Waals surface area (Å²) in [5.41, 5.74) is 6.00. The number of hydrazone groups is 2. The van der Waals surface area contributed by atoms with Gasteiger partial charge in [-0.15, -0.1) is 0 Å². The van der Waals surface area contributed by atoms with Crippen LogP contribution in [0.4, 0.5) is 0 Å². The third kappa shape index (κ3) is 5.29. The molecule has 1 heterocycles. The molecular formula is C18H22N4O6. The molecule has 0 bridgehead atoms. The molecule has 0 aromatic heterocycles. The SMILES string of the molecule is COc1cc(/C=N/NC(=O)CC[C@H]2C(=O)NN=C2C)cc(OC)c1OC(C)=O. The number of ether oxygens (including phenoxy) is 3. The van der Waals surface area contributed by atoms with Crippen molar-refractivity contribution in [1.82, 2.24) is 10.9 Å². The van der Waals surface area contributed by atoms with Crippen LogP contribution in [0.3, 0.4) is 0 Å². The van der Waals surface area contributed by atoms with Crippen LogP contribution in [0.25, 0.3) is 0 Å². The third-order valence-electron chi connectivity index (χ3n) is 3.95. The lowest BCUT2D eigenvalue weighted by Gasteiger charge is -2.13. The number of esters is 1. The van der Waals surface area contributed by atoms with E-state index in [-0.39, 0.29) is 35.5 Å². The summed E-state index contributed by atoms with van der Waals surface area (Å²) >= 11 is 0. The highest BCUT2D eigenvalue weighted by Crippen LogP contribution is 2.38. The molecule has 0 saturated heterocycles. The van der Waals surface area contributed by atoms with E-state index in [9.17, 15) is 14.4 Å². The van der Waals surface area contributed by atoms with Gasteiger partial charge >= 0.3 is 5.97 Å². The van der Waals surface area contributed by atoms with E-state index in [1.165, 1.54) is 27.4 Å². The monoisotopic (exact) mass is 390 g/mol. The molecule has 0 spiro atoms. The zero-order valence-electron chi connectivity index (χ0n) is 16.1. The van der Waals surface area contributed by atoms with E-state index < -0.39 is 11.9 Å². The summed E-state index contributed by atoms with van der Waals surface area (Å²) in [6, 6.07) is 3.16. The molecule has 0 aliphatic carbocycles. The van der Waals surface area contributed by atoms with Crippen LogP contribution in [0.2, 0.25) is 0 Å². The topological polar surface area (TPSA) is 128 Å². The van der Waals surface area contributed by atoms with Crippen molar-refractivity contribution in [3.8, 4) is 17.2 Å². The van der Waals surface area contributed by atoms with Crippen molar-refractivity contribution in [3.05, 3.63) is 17.7 Å². The van der Waals surface area contributed by atoms with Crippen LogP contribution >= 0.6 is 0 Å². The van der Waals surface area contributed by atoms with Crippen LogP contribution < -0.4 is 25.1 Å². The Morgan fingerprint density at radius 3 is 2.43 bits per heavy atom. The molecule has 1 aliphatic heterocycles. The maximum atomic E-state index is 11.9. The first-order valence-corrected chi connectivity index (χ1v) is 8.46. The maximum absolute atomic E-state index is 11.9. The smallest absolute Gasteiger partial charge is 0.308 e. The van der Waals surface area contributed by atoms with Gasteiger partial charge in [0.15, 0.2) is 11.5 Å². The lowest BCUT2D eigenvalue weighted by atomic mass is 9.99. The van der Waals surface area contributed by atoms with Crippen LogP contribution in [0.5, 0.6) is 17.2 Å². The molecule has 150 valence electrons. The second-order valence-electron chi connectivity index (χ2n) is 5.96. The molecule has 0 unspecified atom stereocenters. The molecule has 0 saturated carbocycles. The second kappa shape index (κ2) is 9.49. The van der Waals surface area contributed by atoms with Crippen LogP contribution in [0.1, 0.15) is 32.3 Å². The first-order valence-electron chi connectivity index (χ1n) is 8.46. The number of carbonyl (C=O) groups excluding carboxylic acids is 3. The van der Waals surface area contributed by atoms with Gasteiger partial charge in [0.2, 0.25) is 17.6 Å². The Bertz CT molecular complexity index is 808. The number of carbonyl (C=O) groups is 3. The highest BCUT2D eigenvalue weighted by atomic mass is 16.6. The Balaban J connectivity index is 1.99. The lowest BCUT2D eigenvalue weighted by molar-refractivity contribution is -0.132. The quantitative estimate of drug-likeness (QED) is 0.295. The first kappa shape index (κ1) is 20.9. The van der Waals surface area contributed by atoms with Gasteiger partial charge in [0, 0.05) is 24.6 Å². The summed E-state index contributed by atoms with van der Waals surface area (Å²) in [5, 5.41) is 7.73. The van der Waals surface area contributed by atoms with Crippen molar-refractivity contribution >= 4 is 29.7 Å². The van der Waals surface area contributed by atoms with Crippen molar-refractivity contribution < 1.29 is 28.6 Å². The lowest BCUT2D eigenvalue weighted by Crippen LogP contribution is -2.25. The zero-order valence-corrected chi connectivity index (χ0v) is 16.1. The number of rotatable bonds is 8. The van der Waals surface area contributed by atoms with Crippen molar-refractivity contribution in [2.24, 2.45) is 16.1 Å². The first-order chi connectivity index (χ1) is 13.3. The number of hydrogen-bond donors (Lipinski definition) is 2. The summed E-state index contributed by atoms with van der Waals surface area (Å²) < 4.78 is 15.5. The Labute approximate surface area is 161 Å². The summed E-state index contributed by atoms with van der Waals surface area (Å²) in [7, 11) is 2.85. The molecule has 1 aromatic carbocycles. The van der Waals surface area contributed by atoms with Crippen LogP contribution in [0, 0.1) is 5.92 Å². The van der Waals surface area contributed by atoms with Gasteiger partial charge in [-0.1, -0.05) is 0 Å². The molecule has 28 heavy (non-hydrogen) atoms. The highest BCUT2D eigenvalue weighted by Gasteiger charge is 2.27. The van der Waals surface area contributed by atoms with E-state index in [1.807, 2.05) is 0 Å². The van der Waals surface area contributed by atoms with Gasteiger partial charge in [0.25, 0.3) is 0 Å². The number of nitrogens with zero attached hydrogens (tertiary/aromatic N) is 2. The standard InChI is InChI=1S/C18H22N4O6/c1-10-13(18(25)22-20-10)5-6-16(24)21-19-9-12-7-14(26-3)17(28-11(2)23)15(8-12)27-4/h7-9,13H,5-6H2,1-4H3,(H,21,24)(H,22,25)/b19-9+/t13-/m1/s1. The predicted octanol–water partition coefficient (Wildman–Crippen LogP) is 0.981. The van der Waals surface area contributed by atoms with E-state index in [2.05, 4.69) is 21.1 Å². The molecule has 0 radical (unpaired) electrons. The van der Waals surface area contributed by atoms with E-state index in [4.69, 9.17) is 14.2 Å². The van der Waals surface area contributed by atoms with Crippen molar-refractivity contribution in [3.63, 3.8) is 0 Å². The second-order valence-corrected chi connectivity index (χ2v) is 5.96.